The number of imidazole rings is 1. The molecule has 0 unspecified atom stereocenters. The smallest absolute Gasteiger partial charge is 0.791 e. The van der Waals surface area contributed by atoms with Crippen LogP contribution in [0.25, 0.3) is 11.0 Å². The molecule has 0 fully saturated rings. The van der Waals surface area contributed by atoms with E-state index in [9.17, 15) is 5.21 Å². The van der Waals surface area contributed by atoms with Crippen LogP contribution in [0.5, 0.6) is 0 Å². The number of hydrogen-bond acceptors (Lipinski definition) is 4. The van der Waals surface area contributed by atoms with Crippen LogP contribution in [0.3, 0.4) is 0 Å². The van der Waals surface area contributed by atoms with Gasteiger partial charge in [-0.15, -0.1) is 0 Å². The summed E-state index contributed by atoms with van der Waals surface area (Å²) in [6, 6.07) is 8.94. The molecule has 0 saturated carbocycles. The summed E-state index contributed by atoms with van der Waals surface area (Å²) in [7, 11) is 0. The molecular formula is C9H5KN4O. The predicted octanol–water partition coefficient (Wildman–Crippen LogP) is -1.62. The van der Waals surface area contributed by atoms with Crippen molar-refractivity contribution in [3.63, 3.8) is 0 Å². The molecule has 0 aliphatic rings. The van der Waals surface area contributed by atoms with Crippen molar-refractivity contribution in [2.24, 2.45) is 5.16 Å². The quantitative estimate of drug-likeness (QED) is 0.358. The van der Waals surface area contributed by atoms with Crippen molar-refractivity contribution in [2.75, 3.05) is 0 Å². The number of benzene rings is 1. The molecule has 0 atom stereocenters. The number of aromatic amines is 1. The van der Waals surface area contributed by atoms with E-state index in [4.69, 9.17) is 5.26 Å². The third-order valence-corrected chi connectivity index (χ3v) is 1.81. The minimum Gasteiger partial charge on any atom is -0.791 e. The monoisotopic (exact) mass is 224 g/mol. The van der Waals surface area contributed by atoms with Crippen LogP contribution in [0.15, 0.2) is 29.4 Å². The second-order valence-corrected chi connectivity index (χ2v) is 2.65. The average Bonchev–Trinajstić information content (AvgIpc) is 2.63. The van der Waals surface area contributed by atoms with Crippen LogP contribution in [0.1, 0.15) is 5.82 Å². The number of rotatable bonds is 1. The number of aromatic nitrogens is 2. The topological polar surface area (TPSA) is 87.9 Å². The van der Waals surface area contributed by atoms with Gasteiger partial charge in [-0.25, -0.2) is 4.98 Å². The zero-order valence-corrected chi connectivity index (χ0v) is 11.2. The standard InChI is InChI=1S/C9H6N4O.K/c10-5-8(13-14)9-11-6-3-1-2-4-7(6)12-9;/h1-4,14H,(H,11,12);/q;+1/p-1/b13-8-;. The zero-order chi connectivity index (χ0) is 9.97. The van der Waals surface area contributed by atoms with Crippen molar-refractivity contribution in [3.8, 4) is 6.07 Å². The van der Waals surface area contributed by atoms with Crippen molar-refractivity contribution in [1.82, 2.24) is 9.97 Å². The maximum absolute atomic E-state index is 10.2. The van der Waals surface area contributed by atoms with Crippen LogP contribution < -0.4 is 51.4 Å². The predicted molar refractivity (Wildman–Crippen MR) is 51.6 cm³/mol. The summed E-state index contributed by atoms with van der Waals surface area (Å²) in [6.07, 6.45) is 0. The summed E-state index contributed by atoms with van der Waals surface area (Å²) in [5.74, 6) is 0.212. The molecule has 0 bridgehead atoms. The molecule has 0 amide bonds. The molecule has 1 N–H and O–H groups in total. The Morgan fingerprint density at radius 1 is 1.47 bits per heavy atom. The zero-order valence-electron chi connectivity index (χ0n) is 8.06. The Morgan fingerprint density at radius 3 is 2.80 bits per heavy atom. The van der Waals surface area contributed by atoms with Crippen LogP contribution in [0.2, 0.25) is 0 Å². The van der Waals surface area contributed by atoms with Gasteiger partial charge in [0.05, 0.1) is 11.0 Å². The Morgan fingerprint density at radius 2 is 2.20 bits per heavy atom. The first kappa shape index (κ1) is 12.4. The maximum Gasteiger partial charge on any atom is 1.00 e. The van der Waals surface area contributed by atoms with Gasteiger partial charge in [0.15, 0.2) is 11.5 Å². The minimum atomic E-state index is -0.235. The Kier molecular flexibility index (Phi) is 4.44. The van der Waals surface area contributed by atoms with E-state index in [0.717, 1.165) is 5.52 Å². The van der Waals surface area contributed by atoms with Gasteiger partial charge >= 0.3 is 51.4 Å². The SMILES string of the molecule is N#C/C(=N/[O-])c1nc2ccccc2[nH]1.[K+]. The second kappa shape index (κ2) is 5.39. The van der Waals surface area contributed by atoms with Gasteiger partial charge in [0.1, 0.15) is 6.07 Å². The molecule has 1 aromatic carbocycles. The van der Waals surface area contributed by atoms with Gasteiger partial charge in [0, 0.05) is 0 Å². The second-order valence-electron chi connectivity index (χ2n) is 2.65. The Bertz CT molecular complexity index is 507. The number of fused-ring (bicyclic) bond motifs is 1. The van der Waals surface area contributed by atoms with Crippen molar-refractivity contribution in [3.05, 3.63) is 35.3 Å². The maximum atomic E-state index is 10.2. The number of H-pyrrole nitrogens is 1. The molecule has 0 aliphatic heterocycles. The molecule has 0 saturated heterocycles. The van der Waals surface area contributed by atoms with Crippen molar-refractivity contribution < 1.29 is 51.4 Å². The van der Waals surface area contributed by atoms with Gasteiger partial charge in [-0.05, 0) is 12.1 Å². The molecule has 2 rings (SSSR count). The van der Waals surface area contributed by atoms with E-state index in [0.29, 0.717) is 5.52 Å². The van der Waals surface area contributed by atoms with Gasteiger partial charge in [-0.1, -0.05) is 12.1 Å². The number of nitrogens with one attached hydrogen (secondary N) is 1. The van der Waals surface area contributed by atoms with Crippen LogP contribution in [0.4, 0.5) is 0 Å². The van der Waals surface area contributed by atoms with E-state index in [1.54, 1.807) is 12.1 Å². The van der Waals surface area contributed by atoms with Gasteiger partial charge in [0.25, 0.3) is 0 Å². The minimum absolute atomic E-state index is 0. The third kappa shape index (κ3) is 2.45. The number of nitrogens with zero attached hydrogens (tertiary/aromatic N) is 3. The van der Waals surface area contributed by atoms with E-state index in [-0.39, 0.29) is 62.9 Å². The first-order valence-electron chi connectivity index (χ1n) is 3.90. The van der Waals surface area contributed by atoms with Crippen molar-refractivity contribution in [2.45, 2.75) is 0 Å². The molecule has 0 radical (unpaired) electrons. The van der Waals surface area contributed by atoms with E-state index >= 15 is 0 Å². The largest absolute Gasteiger partial charge is 1.00 e. The Labute approximate surface area is 128 Å². The van der Waals surface area contributed by atoms with Crippen molar-refractivity contribution in [1.29, 1.82) is 5.26 Å². The molecule has 0 aliphatic carbocycles. The van der Waals surface area contributed by atoms with E-state index in [1.807, 2.05) is 18.2 Å². The van der Waals surface area contributed by atoms with E-state index in [2.05, 4.69) is 15.1 Å². The first-order valence-corrected chi connectivity index (χ1v) is 3.90. The van der Waals surface area contributed by atoms with Crippen molar-refractivity contribution >= 4 is 16.7 Å². The fourth-order valence-corrected chi connectivity index (χ4v) is 1.18. The fourth-order valence-electron chi connectivity index (χ4n) is 1.18. The number of para-hydroxylation sites is 2. The van der Waals surface area contributed by atoms with Gasteiger partial charge < -0.3 is 15.3 Å². The summed E-state index contributed by atoms with van der Waals surface area (Å²) in [5.41, 5.74) is 1.25. The average molecular weight is 224 g/mol. The summed E-state index contributed by atoms with van der Waals surface area (Å²) >= 11 is 0. The summed E-state index contributed by atoms with van der Waals surface area (Å²) in [6.45, 7) is 0. The molecule has 5 nitrogen and oxygen atoms in total. The molecule has 15 heavy (non-hydrogen) atoms. The molecule has 1 aromatic heterocycles. The van der Waals surface area contributed by atoms with E-state index < -0.39 is 0 Å². The summed E-state index contributed by atoms with van der Waals surface area (Å²) < 4.78 is 0. The molecular weight excluding hydrogens is 219 g/mol. The fraction of sp³-hybridized carbons (Fsp3) is 0. The molecule has 68 valence electrons. The summed E-state index contributed by atoms with van der Waals surface area (Å²) in [5, 5.41) is 21.4. The van der Waals surface area contributed by atoms with Crippen LogP contribution >= 0.6 is 0 Å². The Hall–Kier alpha value is -0.714. The molecule has 0 spiro atoms. The van der Waals surface area contributed by atoms with Crippen LogP contribution in [0, 0.1) is 16.5 Å². The normalized spacial score (nSPS) is 10.7. The van der Waals surface area contributed by atoms with Crippen LogP contribution in [-0.2, 0) is 0 Å². The van der Waals surface area contributed by atoms with Gasteiger partial charge in [-0.2, -0.15) is 5.26 Å². The van der Waals surface area contributed by atoms with Crippen LogP contribution in [-0.4, -0.2) is 15.7 Å². The van der Waals surface area contributed by atoms with Gasteiger partial charge in [-0.3, -0.25) is 0 Å². The number of hydrogen-bond donors (Lipinski definition) is 1. The number of nitriles is 1. The summed E-state index contributed by atoms with van der Waals surface area (Å²) in [4.78, 5) is 6.88. The third-order valence-electron chi connectivity index (χ3n) is 1.81. The first-order chi connectivity index (χ1) is 6.85. The van der Waals surface area contributed by atoms with Gasteiger partial charge in [0.2, 0.25) is 0 Å². The molecule has 1 heterocycles. The molecule has 2 aromatic rings. The molecule has 6 heteroatoms. The Balaban J connectivity index is 0.00000112. The van der Waals surface area contributed by atoms with E-state index in [1.165, 1.54) is 0 Å².